The predicted octanol–water partition coefficient (Wildman–Crippen LogP) is 2.87. The molecule has 17 heavy (non-hydrogen) atoms. The molecule has 1 saturated carbocycles. The first-order chi connectivity index (χ1) is 8.15. The van der Waals surface area contributed by atoms with E-state index in [1.807, 2.05) is 0 Å². The molecule has 0 radical (unpaired) electrons. The molecule has 1 unspecified atom stereocenters. The normalized spacial score (nSPS) is 34.8. The van der Waals surface area contributed by atoms with Gasteiger partial charge in [0.1, 0.15) is 0 Å². The fourth-order valence-corrected chi connectivity index (χ4v) is 3.54. The summed E-state index contributed by atoms with van der Waals surface area (Å²) in [7, 11) is 0. The van der Waals surface area contributed by atoms with Crippen molar-refractivity contribution in [3.8, 4) is 0 Å². The molecule has 0 aromatic carbocycles. The molecular formula is C15H30N2. The third-order valence-electron chi connectivity index (χ3n) is 5.03. The zero-order chi connectivity index (χ0) is 12.3. The molecule has 1 atom stereocenters. The van der Waals surface area contributed by atoms with Crippen LogP contribution in [-0.2, 0) is 0 Å². The van der Waals surface area contributed by atoms with Crippen LogP contribution in [0.15, 0.2) is 0 Å². The Bertz CT molecular complexity index is 211. The van der Waals surface area contributed by atoms with Crippen LogP contribution >= 0.6 is 0 Å². The summed E-state index contributed by atoms with van der Waals surface area (Å²) in [5, 5.41) is 0. The van der Waals surface area contributed by atoms with Gasteiger partial charge in [-0.25, -0.2) is 0 Å². The lowest BCUT2D eigenvalue weighted by atomic mass is 9.82. The highest BCUT2D eigenvalue weighted by molar-refractivity contribution is 4.80. The molecule has 2 heteroatoms. The Labute approximate surface area is 107 Å². The Kier molecular flexibility index (Phi) is 4.87. The number of likely N-dealkylation sites (tertiary alicyclic amines) is 1. The quantitative estimate of drug-likeness (QED) is 0.819. The smallest absolute Gasteiger partial charge is 0.00397 e. The van der Waals surface area contributed by atoms with E-state index in [0.29, 0.717) is 6.04 Å². The van der Waals surface area contributed by atoms with E-state index < -0.39 is 0 Å². The SMILES string of the molecule is CC1CCC(CN2CCC(C(C)N)CC2)CC1. The predicted molar refractivity (Wildman–Crippen MR) is 73.9 cm³/mol. The number of nitrogens with two attached hydrogens (primary N) is 1. The van der Waals surface area contributed by atoms with Gasteiger partial charge in [0.15, 0.2) is 0 Å². The van der Waals surface area contributed by atoms with Crippen LogP contribution in [0.1, 0.15) is 52.4 Å². The molecule has 2 rings (SSSR count). The van der Waals surface area contributed by atoms with E-state index in [2.05, 4.69) is 18.7 Å². The third-order valence-corrected chi connectivity index (χ3v) is 5.03. The molecule has 2 nitrogen and oxygen atoms in total. The second-order valence-electron chi connectivity index (χ2n) is 6.62. The van der Waals surface area contributed by atoms with E-state index in [4.69, 9.17) is 5.73 Å². The molecule has 0 aromatic rings. The van der Waals surface area contributed by atoms with E-state index >= 15 is 0 Å². The van der Waals surface area contributed by atoms with Gasteiger partial charge >= 0.3 is 0 Å². The molecule has 2 aliphatic rings. The van der Waals surface area contributed by atoms with Crippen LogP contribution in [0, 0.1) is 17.8 Å². The highest BCUT2D eigenvalue weighted by Crippen LogP contribution is 2.30. The Balaban J connectivity index is 1.67. The summed E-state index contributed by atoms with van der Waals surface area (Å²) in [5.41, 5.74) is 5.99. The monoisotopic (exact) mass is 238 g/mol. The van der Waals surface area contributed by atoms with Gasteiger partial charge in [-0.05, 0) is 63.5 Å². The lowest BCUT2D eigenvalue weighted by Crippen LogP contribution is -2.41. The van der Waals surface area contributed by atoms with Gasteiger partial charge in [-0.2, -0.15) is 0 Å². The van der Waals surface area contributed by atoms with Crippen LogP contribution < -0.4 is 5.73 Å². The molecule has 100 valence electrons. The van der Waals surface area contributed by atoms with E-state index in [9.17, 15) is 0 Å². The van der Waals surface area contributed by atoms with Crippen LogP contribution in [-0.4, -0.2) is 30.6 Å². The maximum Gasteiger partial charge on any atom is 0.00397 e. The fraction of sp³-hybridized carbons (Fsp3) is 1.00. The average molecular weight is 238 g/mol. The number of piperidine rings is 1. The molecular weight excluding hydrogens is 208 g/mol. The van der Waals surface area contributed by atoms with Gasteiger partial charge in [-0.3, -0.25) is 0 Å². The van der Waals surface area contributed by atoms with Gasteiger partial charge in [0, 0.05) is 12.6 Å². The first-order valence-electron chi connectivity index (χ1n) is 7.63. The summed E-state index contributed by atoms with van der Waals surface area (Å²) in [5.74, 6) is 2.74. The molecule has 0 aromatic heterocycles. The Morgan fingerprint density at radius 3 is 2.18 bits per heavy atom. The first-order valence-corrected chi connectivity index (χ1v) is 7.63. The van der Waals surface area contributed by atoms with Crippen molar-refractivity contribution in [2.75, 3.05) is 19.6 Å². The number of rotatable bonds is 3. The zero-order valence-electron chi connectivity index (χ0n) is 11.7. The van der Waals surface area contributed by atoms with Crippen LogP contribution in [0.5, 0.6) is 0 Å². The van der Waals surface area contributed by atoms with Gasteiger partial charge in [0.2, 0.25) is 0 Å². The van der Waals surface area contributed by atoms with Gasteiger partial charge < -0.3 is 10.6 Å². The van der Waals surface area contributed by atoms with Crippen molar-refractivity contribution in [3.63, 3.8) is 0 Å². The van der Waals surface area contributed by atoms with Crippen molar-refractivity contribution in [2.45, 2.75) is 58.4 Å². The summed E-state index contributed by atoms with van der Waals surface area (Å²) in [4.78, 5) is 2.69. The summed E-state index contributed by atoms with van der Waals surface area (Å²) in [6, 6.07) is 0.396. The molecule has 2 N–H and O–H groups in total. The van der Waals surface area contributed by atoms with Gasteiger partial charge in [0.05, 0.1) is 0 Å². The van der Waals surface area contributed by atoms with E-state index in [1.165, 1.54) is 58.2 Å². The molecule has 1 aliphatic heterocycles. The first kappa shape index (κ1) is 13.4. The Morgan fingerprint density at radius 1 is 1.06 bits per heavy atom. The topological polar surface area (TPSA) is 29.3 Å². The van der Waals surface area contributed by atoms with Crippen molar-refractivity contribution in [3.05, 3.63) is 0 Å². The van der Waals surface area contributed by atoms with Crippen LogP contribution in [0.2, 0.25) is 0 Å². The molecule has 2 fully saturated rings. The minimum Gasteiger partial charge on any atom is -0.328 e. The zero-order valence-corrected chi connectivity index (χ0v) is 11.7. The minimum absolute atomic E-state index is 0.396. The standard InChI is InChI=1S/C15H30N2/c1-12-3-5-14(6-4-12)11-17-9-7-15(8-10-17)13(2)16/h12-15H,3-11,16H2,1-2H3. The summed E-state index contributed by atoms with van der Waals surface area (Å²) >= 11 is 0. The summed E-state index contributed by atoms with van der Waals surface area (Å²) in [6.45, 7) is 8.52. The average Bonchev–Trinajstić information content (AvgIpc) is 2.33. The maximum absolute atomic E-state index is 5.99. The van der Waals surface area contributed by atoms with Crippen LogP contribution in [0.25, 0.3) is 0 Å². The van der Waals surface area contributed by atoms with Gasteiger partial charge in [0.25, 0.3) is 0 Å². The fourth-order valence-electron chi connectivity index (χ4n) is 3.54. The minimum atomic E-state index is 0.396. The van der Waals surface area contributed by atoms with E-state index in [1.54, 1.807) is 0 Å². The van der Waals surface area contributed by atoms with E-state index in [-0.39, 0.29) is 0 Å². The van der Waals surface area contributed by atoms with Gasteiger partial charge in [-0.1, -0.05) is 19.8 Å². The summed E-state index contributed by atoms with van der Waals surface area (Å²) < 4.78 is 0. The maximum atomic E-state index is 5.99. The van der Waals surface area contributed by atoms with E-state index in [0.717, 1.165) is 17.8 Å². The molecule has 0 bridgehead atoms. The van der Waals surface area contributed by atoms with Crippen molar-refractivity contribution in [2.24, 2.45) is 23.5 Å². The second kappa shape index (κ2) is 6.19. The largest absolute Gasteiger partial charge is 0.328 e. The van der Waals surface area contributed by atoms with Crippen molar-refractivity contribution in [1.29, 1.82) is 0 Å². The molecule has 1 saturated heterocycles. The Morgan fingerprint density at radius 2 is 1.65 bits per heavy atom. The lowest BCUT2D eigenvalue weighted by molar-refractivity contribution is 0.131. The second-order valence-corrected chi connectivity index (χ2v) is 6.62. The number of hydrogen-bond acceptors (Lipinski definition) is 2. The molecule has 0 spiro atoms. The Hall–Kier alpha value is -0.0800. The lowest BCUT2D eigenvalue weighted by Gasteiger charge is -2.37. The number of hydrogen-bond donors (Lipinski definition) is 1. The highest BCUT2D eigenvalue weighted by atomic mass is 15.1. The summed E-state index contributed by atoms with van der Waals surface area (Å²) in [6.07, 6.45) is 8.49. The van der Waals surface area contributed by atoms with Crippen molar-refractivity contribution < 1.29 is 0 Å². The van der Waals surface area contributed by atoms with Gasteiger partial charge in [-0.15, -0.1) is 0 Å². The van der Waals surface area contributed by atoms with Crippen molar-refractivity contribution >= 4 is 0 Å². The molecule has 1 aliphatic carbocycles. The molecule has 1 heterocycles. The third kappa shape index (κ3) is 3.96. The van der Waals surface area contributed by atoms with Crippen LogP contribution in [0.3, 0.4) is 0 Å². The van der Waals surface area contributed by atoms with Crippen molar-refractivity contribution in [1.82, 2.24) is 4.90 Å². The molecule has 0 amide bonds. The van der Waals surface area contributed by atoms with Crippen LogP contribution in [0.4, 0.5) is 0 Å². The highest BCUT2D eigenvalue weighted by Gasteiger charge is 2.25. The number of nitrogens with zero attached hydrogens (tertiary/aromatic N) is 1.